The summed E-state index contributed by atoms with van der Waals surface area (Å²) < 4.78 is 13.7. The molecule has 5 heteroatoms. The van der Waals surface area contributed by atoms with Crippen LogP contribution in [0.2, 0.25) is 0 Å². The van der Waals surface area contributed by atoms with Gasteiger partial charge in [0.2, 0.25) is 0 Å². The van der Waals surface area contributed by atoms with Gasteiger partial charge in [0.25, 0.3) is 5.91 Å². The maximum Gasteiger partial charge on any atom is 0.255 e. The Kier molecular flexibility index (Phi) is 4.52. The molecule has 0 unspecified atom stereocenters. The number of carbonyl (C=O) groups excluding carboxylic acids is 1. The molecular formula is C16H18FN3O. The van der Waals surface area contributed by atoms with Crippen molar-refractivity contribution in [1.82, 2.24) is 4.98 Å². The van der Waals surface area contributed by atoms with Gasteiger partial charge in [0.1, 0.15) is 11.6 Å². The lowest BCUT2D eigenvalue weighted by atomic mass is 10.1. The number of nitrogen functional groups attached to an aromatic ring is 1. The van der Waals surface area contributed by atoms with Crippen LogP contribution in [-0.2, 0) is 6.42 Å². The molecule has 1 amide bonds. The Bertz CT molecular complexity index is 671. The topological polar surface area (TPSA) is 68.0 Å². The van der Waals surface area contributed by atoms with E-state index in [1.165, 1.54) is 12.1 Å². The number of hydrogen-bond donors (Lipinski definition) is 2. The van der Waals surface area contributed by atoms with Gasteiger partial charge in [0.05, 0.1) is 5.69 Å². The lowest BCUT2D eigenvalue weighted by molar-refractivity contribution is 0.102. The van der Waals surface area contributed by atoms with Crippen LogP contribution in [0.4, 0.5) is 15.9 Å². The second kappa shape index (κ2) is 6.35. The van der Waals surface area contributed by atoms with Gasteiger partial charge in [-0.15, -0.1) is 0 Å². The molecule has 0 atom stereocenters. The van der Waals surface area contributed by atoms with Crippen molar-refractivity contribution in [3.8, 4) is 0 Å². The molecule has 0 bridgehead atoms. The average molecular weight is 287 g/mol. The van der Waals surface area contributed by atoms with Gasteiger partial charge in [-0.1, -0.05) is 19.4 Å². The highest BCUT2D eigenvalue weighted by Crippen LogP contribution is 2.18. The molecule has 0 saturated carbocycles. The zero-order chi connectivity index (χ0) is 15.4. The minimum absolute atomic E-state index is 0.160. The van der Waals surface area contributed by atoms with E-state index in [0.29, 0.717) is 5.56 Å². The second-order valence-electron chi connectivity index (χ2n) is 4.96. The first-order valence-corrected chi connectivity index (χ1v) is 6.83. The predicted octanol–water partition coefficient (Wildman–Crippen LogP) is 3.32. The van der Waals surface area contributed by atoms with E-state index in [0.717, 1.165) is 24.1 Å². The van der Waals surface area contributed by atoms with E-state index in [2.05, 4.69) is 10.3 Å². The van der Waals surface area contributed by atoms with Gasteiger partial charge in [-0.05, 0) is 43.2 Å². The van der Waals surface area contributed by atoms with Crippen LogP contribution in [-0.4, -0.2) is 10.9 Å². The zero-order valence-corrected chi connectivity index (χ0v) is 12.1. The number of rotatable bonds is 4. The van der Waals surface area contributed by atoms with Gasteiger partial charge in [-0.3, -0.25) is 4.79 Å². The Morgan fingerprint density at radius 3 is 2.81 bits per heavy atom. The lowest BCUT2D eigenvalue weighted by Gasteiger charge is -2.09. The third kappa shape index (κ3) is 3.78. The molecule has 1 aromatic heterocycles. The zero-order valence-electron chi connectivity index (χ0n) is 12.1. The maximum atomic E-state index is 13.7. The van der Waals surface area contributed by atoms with Crippen LogP contribution in [0, 0.1) is 12.7 Å². The maximum absolute atomic E-state index is 13.7. The van der Waals surface area contributed by atoms with Crippen molar-refractivity contribution in [3.63, 3.8) is 0 Å². The molecule has 3 N–H and O–H groups in total. The van der Waals surface area contributed by atoms with Gasteiger partial charge in [0, 0.05) is 11.3 Å². The number of nitrogens with zero attached hydrogens (tertiary/aromatic N) is 1. The van der Waals surface area contributed by atoms with E-state index in [9.17, 15) is 9.18 Å². The van der Waals surface area contributed by atoms with E-state index in [1.54, 1.807) is 18.2 Å². The number of nitrogens with two attached hydrogens (primary N) is 1. The van der Waals surface area contributed by atoms with Crippen LogP contribution < -0.4 is 11.1 Å². The number of amides is 1. The minimum Gasteiger partial charge on any atom is -0.384 e. The average Bonchev–Trinajstić information content (AvgIpc) is 2.42. The molecule has 110 valence electrons. The van der Waals surface area contributed by atoms with E-state index in [1.807, 2.05) is 13.8 Å². The number of benzene rings is 1. The summed E-state index contributed by atoms with van der Waals surface area (Å²) in [6.45, 7) is 3.85. The fourth-order valence-electron chi connectivity index (χ4n) is 2.06. The third-order valence-corrected chi connectivity index (χ3v) is 3.04. The van der Waals surface area contributed by atoms with Crippen molar-refractivity contribution in [2.45, 2.75) is 26.7 Å². The van der Waals surface area contributed by atoms with Crippen LogP contribution in [0.1, 0.15) is 35.0 Å². The molecule has 1 heterocycles. The monoisotopic (exact) mass is 287 g/mol. The Morgan fingerprint density at radius 2 is 2.10 bits per heavy atom. The Labute approximate surface area is 123 Å². The van der Waals surface area contributed by atoms with Gasteiger partial charge in [-0.2, -0.15) is 0 Å². The molecule has 1 aromatic carbocycles. The highest BCUT2D eigenvalue weighted by molar-refractivity contribution is 6.04. The van der Waals surface area contributed by atoms with Gasteiger partial charge in [0.15, 0.2) is 0 Å². The molecule has 2 aromatic rings. The summed E-state index contributed by atoms with van der Waals surface area (Å²) in [4.78, 5) is 16.4. The number of anilines is 2. The van der Waals surface area contributed by atoms with Crippen LogP contribution in [0.5, 0.6) is 0 Å². The lowest BCUT2D eigenvalue weighted by Crippen LogP contribution is -2.14. The molecule has 0 saturated heterocycles. The van der Waals surface area contributed by atoms with Crippen LogP contribution in [0.15, 0.2) is 30.3 Å². The van der Waals surface area contributed by atoms with Crippen molar-refractivity contribution >= 4 is 17.4 Å². The second-order valence-corrected chi connectivity index (χ2v) is 4.96. The Hall–Kier alpha value is -2.43. The summed E-state index contributed by atoms with van der Waals surface area (Å²) in [6, 6.07) is 7.74. The Balaban J connectivity index is 2.25. The summed E-state index contributed by atoms with van der Waals surface area (Å²) in [5.41, 5.74) is 7.88. The van der Waals surface area contributed by atoms with Crippen molar-refractivity contribution in [2.24, 2.45) is 0 Å². The van der Waals surface area contributed by atoms with E-state index in [-0.39, 0.29) is 11.5 Å². The van der Waals surface area contributed by atoms with Crippen molar-refractivity contribution in [3.05, 3.63) is 53.0 Å². The first-order chi connectivity index (χ1) is 9.99. The Morgan fingerprint density at radius 1 is 1.33 bits per heavy atom. The molecular weight excluding hydrogens is 269 g/mol. The number of aryl methyl sites for hydroxylation is 2. The normalized spacial score (nSPS) is 10.4. The quantitative estimate of drug-likeness (QED) is 0.906. The van der Waals surface area contributed by atoms with E-state index in [4.69, 9.17) is 5.73 Å². The van der Waals surface area contributed by atoms with Crippen molar-refractivity contribution in [1.29, 1.82) is 0 Å². The summed E-state index contributed by atoms with van der Waals surface area (Å²) in [5.74, 6) is -0.577. The summed E-state index contributed by atoms with van der Waals surface area (Å²) >= 11 is 0. The fourth-order valence-corrected chi connectivity index (χ4v) is 2.06. The van der Waals surface area contributed by atoms with Gasteiger partial charge in [-0.25, -0.2) is 9.37 Å². The number of aromatic nitrogens is 1. The number of nitrogens with one attached hydrogen (secondary N) is 1. The molecule has 0 aliphatic carbocycles. The number of carbonyl (C=O) groups is 1. The molecule has 4 nitrogen and oxygen atoms in total. The standard InChI is InChI=1S/C16H18FN3O/c1-3-4-12-8-11(9-15(18)19-12)16(21)20-14-7-10(2)5-6-13(14)17/h5-9H,3-4H2,1-2H3,(H2,18,19)(H,20,21). The third-order valence-electron chi connectivity index (χ3n) is 3.04. The minimum atomic E-state index is -0.468. The van der Waals surface area contributed by atoms with Crippen molar-refractivity contribution < 1.29 is 9.18 Å². The molecule has 21 heavy (non-hydrogen) atoms. The first-order valence-electron chi connectivity index (χ1n) is 6.83. The molecule has 0 spiro atoms. The van der Waals surface area contributed by atoms with Crippen LogP contribution >= 0.6 is 0 Å². The number of hydrogen-bond acceptors (Lipinski definition) is 3. The predicted molar refractivity (Wildman–Crippen MR) is 81.7 cm³/mol. The van der Waals surface area contributed by atoms with Gasteiger partial charge < -0.3 is 11.1 Å². The number of pyridine rings is 1. The molecule has 0 aliphatic heterocycles. The molecule has 0 fully saturated rings. The first kappa shape index (κ1) is 15.0. The number of halogens is 1. The summed E-state index contributed by atoms with van der Waals surface area (Å²) in [6.07, 6.45) is 1.65. The SMILES string of the molecule is CCCc1cc(C(=O)Nc2cc(C)ccc2F)cc(N)n1. The van der Waals surface area contributed by atoms with Gasteiger partial charge >= 0.3 is 0 Å². The van der Waals surface area contributed by atoms with Crippen molar-refractivity contribution in [2.75, 3.05) is 11.1 Å². The largest absolute Gasteiger partial charge is 0.384 e. The van der Waals surface area contributed by atoms with E-state index < -0.39 is 11.7 Å². The summed E-state index contributed by atoms with van der Waals surface area (Å²) in [5, 5.41) is 2.57. The highest BCUT2D eigenvalue weighted by Gasteiger charge is 2.11. The molecule has 2 rings (SSSR count). The highest BCUT2D eigenvalue weighted by atomic mass is 19.1. The smallest absolute Gasteiger partial charge is 0.255 e. The molecule has 0 aliphatic rings. The van der Waals surface area contributed by atoms with Crippen LogP contribution in [0.25, 0.3) is 0 Å². The summed E-state index contributed by atoms with van der Waals surface area (Å²) in [7, 11) is 0. The van der Waals surface area contributed by atoms with E-state index >= 15 is 0 Å². The molecule has 0 radical (unpaired) electrons. The fraction of sp³-hybridized carbons (Fsp3) is 0.250. The van der Waals surface area contributed by atoms with Crippen LogP contribution in [0.3, 0.4) is 0 Å².